The topological polar surface area (TPSA) is 54.2 Å². The first-order valence-electron chi connectivity index (χ1n) is 6.16. The molecule has 1 aliphatic heterocycles. The van der Waals surface area contributed by atoms with Crippen LogP contribution in [0.15, 0.2) is 24.4 Å². The summed E-state index contributed by atoms with van der Waals surface area (Å²) >= 11 is 0. The predicted octanol–water partition coefficient (Wildman–Crippen LogP) is 0.571. The summed E-state index contributed by atoms with van der Waals surface area (Å²) in [4.78, 5) is 0. The van der Waals surface area contributed by atoms with Crippen LogP contribution in [0.5, 0.6) is 0 Å². The fourth-order valence-corrected chi connectivity index (χ4v) is 2.30. The lowest BCUT2D eigenvalue weighted by Crippen LogP contribution is -2.33. The van der Waals surface area contributed by atoms with Gasteiger partial charge in [0.15, 0.2) is 11.5 Å². The third kappa shape index (κ3) is 2.30. The van der Waals surface area contributed by atoms with Gasteiger partial charge in [0.2, 0.25) is 0 Å². The highest BCUT2D eigenvalue weighted by atomic mass is 15.3. The van der Waals surface area contributed by atoms with Gasteiger partial charge in [-0.1, -0.05) is 6.07 Å². The molecule has 3 rings (SSSR count). The molecule has 0 aromatic carbocycles. The first-order valence-corrected chi connectivity index (χ1v) is 6.16. The number of aromatic nitrogens is 3. The second-order valence-corrected chi connectivity index (χ2v) is 4.47. The highest BCUT2D eigenvalue weighted by Gasteiger charge is 2.13. The Morgan fingerprint density at radius 2 is 2.41 bits per heavy atom. The molecule has 2 N–H and O–H groups in total. The average Bonchev–Trinajstić information content (AvgIpc) is 2.99. The Balaban J connectivity index is 1.60. The van der Waals surface area contributed by atoms with Crippen molar-refractivity contribution in [2.45, 2.75) is 25.4 Å². The minimum absolute atomic E-state index is 0.620. The van der Waals surface area contributed by atoms with Crippen LogP contribution in [-0.4, -0.2) is 33.7 Å². The molecule has 1 fully saturated rings. The first-order chi connectivity index (χ1) is 8.43. The van der Waals surface area contributed by atoms with E-state index in [0.29, 0.717) is 6.04 Å². The molecule has 1 aliphatic rings. The van der Waals surface area contributed by atoms with E-state index >= 15 is 0 Å². The Kier molecular flexibility index (Phi) is 3.02. The van der Waals surface area contributed by atoms with Crippen LogP contribution >= 0.6 is 0 Å². The Labute approximate surface area is 100 Å². The van der Waals surface area contributed by atoms with Crippen molar-refractivity contribution in [1.29, 1.82) is 0 Å². The van der Waals surface area contributed by atoms with Crippen LogP contribution in [0.2, 0.25) is 0 Å². The Morgan fingerprint density at radius 3 is 3.29 bits per heavy atom. The molecule has 1 unspecified atom stereocenters. The van der Waals surface area contributed by atoms with E-state index in [4.69, 9.17) is 0 Å². The molecule has 17 heavy (non-hydrogen) atoms. The van der Waals surface area contributed by atoms with Gasteiger partial charge in [-0.3, -0.25) is 4.40 Å². The monoisotopic (exact) mass is 231 g/mol. The highest BCUT2D eigenvalue weighted by molar-refractivity contribution is 5.36. The quantitative estimate of drug-likeness (QED) is 0.808. The maximum absolute atomic E-state index is 4.19. The molecule has 0 bridgehead atoms. The molecule has 2 aromatic heterocycles. The van der Waals surface area contributed by atoms with Gasteiger partial charge in [-0.25, -0.2) is 0 Å². The minimum atomic E-state index is 0.620. The molecule has 1 atom stereocenters. The van der Waals surface area contributed by atoms with Crippen molar-refractivity contribution in [3.63, 3.8) is 0 Å². The number of nitrogens with zero attached hydrogens (tertiary/aromatic N) is 3. The zero-order valence-electron chi connectivity index (χ0n) is 9.76. The van der Waals surface area contributed by atoms with Gasteiger partial charge in [0, 0.05) is 18.8 Å². The summed E-state index contributed by atoms with van der Waals surface area (Å²) in [7, 11) is 0. The summed E-state index contributed by atoms with van der Waals surface area (Å²) in [5.41, 5.74) is 0.906. The van der Waals surface area contributed by atoms with Gasteiger partial charge < -0.3 is 10.6 Å². The van der Waals surface area contributed by atoms with Crippen molar-refractivity contribution < 1.29 is 0 Å². The van der Waals surface area contributed by atoms with Gasteiger partial charge in [0.25, 0.3) is 0 Å². The SMILES string of the molecule is c1ccn2c(CNCC3CCCN3)nnc2c1. The van der Waals surface area contributed by atoms with Gasteiger partial charge in [-0.15, -0.1) is 10.2 Å². The van der Waals surface area contributed by atoms with Crippen molar-refractivity contribution in [3.05, 3.63) is 30.2 Å². The summed E-state index contributed by atoms with van der Waals surface area (Å²) in [6, 6.07) is 6.56. The van der Waals surface area contributed by atoms with E-state index in [2.05, 4.69) is 20.8 Å². The standard InChI is InChI=1S/C12H17N5/c1-2-7-17-11(5-1)15-16-12(17)9-13-8-10-4-3-6-14-10/h1-2,5,7,10,13-14H,3-4,6,8-9H2. The van der Waals surface area contributed by atoms with Gasteiger partial charge in [0.05, 0.1) is 6.54 Å². The molecule has 5 heteroatoms. The molecular weight excluding hydrogens is 214 g/mol. The van der Waals surface area contributed by atoms with Crippen molar-refractivity contribution in [2.24, 2.45) is 0 Å². The van der Waals surface area contributed by atoms with Gasteiger partial charge >= 0.3 is 0 Å². The molecule has 0 saturated carbocycles. The molecule has 0 amide bonds. The molecule has 3 heterocycles. The number of hydrogen-bond donors (Lipinski definition) is 2. The molecule has 1 saturated heterocycles. The van der Waals surface area contributed by atoms with Crippen LogP contribution in [0, 0.1) is 0 Å². The summed E-state index contributed by atoms with van der Waals surface area (Å²) < 4.78 is 2.02. The van der Waals surface area contributed by atoms with Crippen LogP contribution in [0.4, 0.5) is 0 Å². The van der Waals surface area contributed by atoms with Crippen LogP contribution in [-0.2, 0) is 6.54 Å². The third-order valence-corrected chi connectivity index (χ3v) is 3.22. The number of nitrogens with one attached hydrogen (secondary N) is 2. The highest BCUT2D eigenvalue weighted by Crippen LogP contribution is 2.05. The summed E-state index contributed by atoms with van der Waals surface area (Å²) in [6.45, 7) is 2.92. The molecule has 0 aliphatic carbocycles. The maximum atomic E-state index is 4.19. The number of hydrogen-bond acceptors (Lipinski definition) is 4. The molecule has 2 aromatic rings. The normalized spacial score (nSPS) is 20.1. The lowest BCUT2D eigenvalue weighted by Gasteiger charge is -2.10. The summed E-state index contributed by atoms with van der Waals surface area (Å²) in [5.74, 6) is 0.971. The van der Waals surface area contributed by atoms with Crippen LogP contribution in [0.3, 0.4) is 0 Å². The van der Waals surface area contributed by atoms with Crippen LogP contribution in [0.25, 0.3) is 5.65 Å². The zero-order chi connectivity index (χ0) is 11.5. The maximum Gasteiger partial charge on any atom is 0.160 e. The van der Waals surface area contributed by atoms with Crippen molar-refractivity contribution in [2.75, 3.05) is 13.1 Å². The predicted molar refractivity (Wildman–Crippen MR) is 65.7 cm³/mol. The second-order valence-electron chi connectivity index (χ2n) is 4.47. The molecular formula is C12H17N5. The Bertz CT molecular complexity index is 486. The lowest BCUT2D eigenvalue weighted by molar-refractivity contribution is 0.527. The van der Waals surface area contributed by atoms with Gasteiger partial charge in [0.1, 0.15) is 0 Å². The van der Waals surface area contributed by atoms with Crippen molar-refractivity contribution in [3.8, 4) is 0 Å². The zero-order valence-corrected chi connectivity index (χ0v) is 9.76. The third-order valence-electron chi connectivity index (χ3n) is 3.22. The van der Waals surface area contributed by atoms with E-state index in [1.54, 1.807) is 0 Å². The van der Waals surface area contributed by atoms with Gasteiger partial charge in [-0.2, -0.15) is 0 Å². The van der Waals surface area contributed by atoms with E-state index in [-0.39, 0.29) is 0 Å². The minimum Gasteiger partial charge on any atom is -0.313 e. The summed E-state index contributed by atoms with van der Waals surface area (Å²) in [6.07, 6.45) is 4.56. The van der Waals surface area contributed by atoms with Crippen LogP contribution < -0.4 is 10.6 Å². The largest absolute Gasteiger partial charge is 0.313 e. The summed E-state index contributed by atoms with van der Waals surface area (Å²) in [5, 5.41) is 15.2. The van der Waals surface area contributed by atoms with E-state index in [1.165, 1.54) is 12.8 Å². The van der Waals surface area contributed by atoms with E-state index in [9.17, 15) is 0 Å². The lowest BCUT2D eigenvalue weighted by atomic mass is 10.2. The Hall–Kier alpha value is -1.46. The average molecular weight is 231 g/mol. The number of rotatable bonds is 4. The smallest absolute Gasteiger partial charge is 0.160 e. The van der Waals surface area contributed by atoms with E-state index in [1.807, 2.05) is 28.8 Å². The molecule has 90 valence electrons. The van der Waals surface area contributed by atoms with E-state index < -0.39 is 0 Å². The first kappa shape index (κ1) is 10.7. The molecule has 0 radical (unpaired) electrons. The van der Waals surface area contributed by atoms with Crippen molar-refractivity contribution in [1.82, 2.24) is 25.2 Å². The fraction of sp³-hybridized carbons (Fsp3) is 0.500. The second kappa shape index (κ2) is 4.81. The van der Waals surface area contributed by atoms with Crippen molar-refractivity contribution >= 4 is 5.65 Å². The molecule has 5 nitrogen and oxygen atoms in total. The van der Waals surface area contributed by atoms with Crippen LogP contribution in [0.1, 0.15) is 18.7 Å². The fourth-order valence-electron chi connectivity index (χ4n) is 2.30. The molecule has 0 spiro atoms. The number of fused-ring (bicyclic) bond motifs is 1. The Morgan fingerprint density at radius 1 is 1.41 bits per heavy atom. The van der Waals surface area contributed by atoms with Gasteiger partial charge in [-0.05, 0) is 31.5 Å². The number of pyridine rings is 1. The van der Waals surface area contributed by atoms with E-state index in [0.717, 1.165) is 31.1 Å².